The fourth-order valence-corrected chi connectivity index (χ4v) is 2.55. The maximum atomic E-state index is 11.9. The summed E-state index contributed by atoms with van der Waals surface area (Å²) in [5.74, 6) is 0.385. The predicted octanol–water partition coefficient (Wildman–Crippen LogP) is 2.01. The van der Waals surface area contributed by atoms with Crippen LogP contribution in [0.1, 0.15) is 31.2 Å². The highest BCUT2D eigenvalue weighted by molar-refractivity contribution is 5.84. The molecule has 6 nitrogen and oxygen atoms in total. The van der Waals surface area contributed by atoms with Crippen LogP contribution in [0.4, 0.5) is 0 Å². The molecule has 0 heterocycles. The molecule has 2 N–H and O–H groups in total. The summed E-state index contributed by atoms with van der Waals surface area (Å²) < 4.78 is 10.5. The third kappa shape index (κ3) is 4.87. The smallest absolute Gasteiger partial charge is 0.326 e. The second kappa shape index (κ2) is 7.85. The van der Waals surface area contributed by atoms with E-state index in [1.807, 2.05) is 18.2 Å². The number of carboxylic acid groups (broad SMARTS) is 1. The van der Waals surface area contributed by atoms with Gasteiger partial charge in [0.15, 0.2) is 0 Å². The SMILES string of the molecule is COc1ccc(CCCC(=O)NC(C(=O)O)C2CC2)c(OC)c1. The molecule has 0 aromatic heterocycles. The van der Waals surface area contributed by atoms with E-state index in [9.17, 15) is 9.59 Å². The lowest BCUT2D eigenvalue weighted by Gasteiger charge is -2.14. The van der Waals surface area contributed by atoms with Gasteiger partial charge in [0.1, 0.15) is 17.5 Å². The summed E-state index contributed by atoms with van der Waals surface area (Å²) in [4.78, 5) is 23.0. The van der Waals surface area contributed by atoms with Gasteiger partial charge in [-0.2, -0.15) is 0 Å². The van der Waals surface area contributed by atoms with Gasteiger partial charge >= 0.3 is 5.97 Å². The van der Waals surface area contributed by atoms with E-state index < -0.39 is 12.0 Å². The first-order chi connectivity index (χ1) is 11.0. The van der Waals surface area contributed by atoms with Crippen molar-refractivity contribution in [1.82, 2.24) is 5.32 Å². The van der Waals surface area contributed by atoms with Crippen molar-refractivity contribution in [3.63, 3.8) is 0 Å². The largest absolute Gasteiger partial charge is 0.497 e. The van der Waals surface area contributed by atoms with Crippen molar-refractivity contribution < 1.29 is 24.2 Å². The molecular formula is C17H23NO5. The zero-order valence-electron chi connectivity index (χ0n) is 13.5. The van der Waals surface area contributed by atoms with Crippen molar-refractivity contribution in [2.45, 2.75) is 38.1 Å². The zero-order valence-corrected chi connectivity index (χ0v) is 13.5. The minimum atomic E-state index is -0.947. The standard InChI is InChI=1S/C17H23NO5/c1-22-13-9-8-11(14(10-13)23-2)4-3-5-15(19)18-16(17(20)21)12-6-7-12/h8-10,12,16H,3-7H2,1-2H3,(H,18,19)(H,20,21). The third-order valence-corrected chi connectivity index (χ3v) is 4.02. The van der Waals surface area contributed by atoms with Gasteiger partial charge in [0.25, 0.3) is 0 Å². The molecule has 1 saturated carbocycles. The van der Waals surface area contributed by atoms with Crippen LogP contribution in [0.2, 0.25) is 0 Å². The molecule has 0 aliphatic heterocycles. The molecule has 0 bridgehead atoms. The molecule has 1 aromatic carbocycles. The molecule has 0 saturated heterocycles. The number of methoxy groups -OCH3 is 2. The average molecular weight is 321 g/mol. The molecule has 2 rings (SSSR count). The average Bonchev–Trinajstić information content (AvgIpc) is 3.37. The van der Waals surface area contributed by atoms with E-state index >= 15 is 0 Å². The molecular weight excluding hydrogens is 298 g/mol. The lowest BCUT2D eigenvalue weighted by molar-refractivity contribution is -0.142. The second-order valence-electron chi connectivity index (χ2n) is 5.75. The summed E-state index contributed by atoms with van der Waals surface area (Å²) in [6, 6.07) is 4.84. The Morgan fingerprint density at radius 2 is 2.04 bits per heavy atom. The fourth-order valence-electron chi connectivity index (χ4n) is 2.55. The van der Waals surface area contributed by atoms with Gasteiger partial charge in [-0.25, -0.2) is 4.79 Å². The summed E-state index contributed by atoms with van der Waals surface area (Å²) in [5, 5.41) is 11.7. The number of aryl methyl sites for hydroxylation is 1. The van der Waals surface area contributed by atoms with Gasteiger partial charge in [0.2, 0.25) is 5.91 Å². The van der Waals surface area contributed by atoms with Gasteiger partial charge in [0.05, 0.1) is 14.2 Å². The van der Waals surface area contributed by atoms with E-state index in [1.165, 1.54) is 0 Å². The fraction of sp³-hybridized carbons (Fsp3) is 0.529. The highest BCUT2D eigenvalue weighted by Crippen LogP contribution is 2.32. The van der Waals surface area contributed by atoms with Gasteiger partial charge < -0.3 is 19.9 Å². The van der Waals surface area contributed by atoms with Crippen molar-refractivity contribution in [1.29, 1.82) is 0 Å². The summed E-state index contributed by atoms with van der Waals surface area (Å²) in [6.45, 7) is 0. The number of benzene rings is 1. The minimum Gasteiger partial charge on any atom is -0.497 e. The number of carbonyl (C=O) groups is 2. The Hall–Kier alpha value is -2.24. The molecule has 1 aliphatic rings. The number of hydrogen-bond donors (Lipinski definition) is 2. The Balaban J connectivity index is 1.82. The van der Waals surface area contributed by atoms with Crippen LogP contribution in [0.3, 0.4) is 0 Å². The van der Waals surface area contributed by atoms with E-state index in [-0.39, 0.29) is 11.8 Å². The number of rotatable bonds is 9. The van der Waals surface area contributed by atoms with Crippen LogP contribution >= 0.6 is 0 Å². The summed E-state index contributed by atoms with van der Waals surface area (Å²) in [7, 11) is 3.19. The van der Waals surface area contributed by atoms with Crippen LogP contribution in [0.15, 0.2) is 18.2 Å². The molecule has 1 aromatic rings. The highest BCUT2D eigenvalue weighted by Gasteiger charge is 2.37. The Morgan fingerprint density at radius 1 is 1.30 bits per heavy atom. The number of carboxylic acids is 1. The zero-order chi connectivity index (χ0) is 16.8. The van der Waals surface area contributed by atoms with E-state index in [0.717, 1.165) is 29.9 Å². The number of amides is 1. The molecule has 6 heteroatoms. The quantitative estimate of drug-likeness (QED) is 0.727. The first kappa shape index (κ1) is 17.1. The van der Waals surface area contributed by atoms with Gasteiger partial charge in [-0.1, -0.05) is 6.07 Å². The van der Waals surface area contributed by atoms with Crippen LogP contribution in [-0.2, 0) is 16.0 Å². The predicted molar refractivity (Wildman–Crippen MR) is 84.8 cm³/mol. The number of hydrogen-bond acceptors (Lipinski definition) is 4. The molecule has 1 aliphatic carbocycles. The lowest BCUT2D eigenvalue weighted by atomic mass is 10.1. The molecule has 1 unspecified atom stereocenters. The van der Waals surface area contributed by atoms with Crippen LogP contribution < -0.4 is 14.8 Å². The monoisotopic (exact) mass is 321 g/mol. The normalized spacial score (nSPS) is 14.9. The Bertz CT molecular complexity index is 568. The third-order valence-electron chi connectivity index (χ3n) is 4.02. The van der Waals surface area contributed by atoms with E-state index in [0.29, 0.717) is 19.3 Å². The van der Waals surface area contributed by atoms with Crippen molar-refractivity contribution in [2.24, 2.45) is 5.92 Å². The van der Waals surface area contributed by atoms with Gasteiger partial charge in [-0.15, -0.1) is 0 Å². The van der Waals surface area contributed by atoms with Crippen molar-refractivity contribution in [2.75, 3.05) is 14.2 Å². The second-order valence-corrected chi connectivity index (χ2v) is 5.75. The molecule has 1 fully saturated rings. The molecule has 1 amide bonds. The number of nitrogens with one attached hydrogen (secondary N) is 1. The minimum absolute atomic E-state index is 0.0955. The summed E-state index contributed by atoms with van der Waals surface area (Å²) in [5.41, 5.74) is 0.998. The van der Waals surface area contributed by atoms with Gasteiger partial charge in [-0.05, 0) is 43.2 Å². The topological polar surface area (TPSA) is 84.9 Å². The van der Waals surface area contributed by atoms with Crippen LogP contribution in [0, 0.1) is 5.92 Å². The maximum Gasteiger partial charge on any atom is 0.326 e. The first-order valence-corrected chi connectivity index (χ1v) is 7.78. The first-order valence-electron chi connectivity index (χ1n) is 7.78. The Morgan fingerprint density at radius 3 is 2.61 bits per heavy atom. The van der Waals surface area contributed by atoms with E-state index in [2.05, 4.69) is 5.32 Å². The Labute approximate surface area is 135 Å². The van der Waals surface area contributed by atoms with Crippen molar-refractivity contribution in [3.8, 4) is 11.5 Å². The van der Waals surface area contributed by atoms with Crippen molar-refractivity contribution in [3.05, 3.63) is 23.8 Å². The number of carbonyl (C=O) groups excluding carboxylic acids is 1. The van der Waals surface area contributed by atoms with Crippen molar-refractivity contribution >= 4 is 11.9 Å². The molecule has 126 valence electrons. The molecule has 23 heavy (non-hydrogen) atoms. The summed E-state index contributed by atoms with van der Waals surface area (Å²) >= 11 is 0. The van der Waals surface area contributed by atoms with Gasteiger partial charge in [-0.3, -0.25) is 4.79 Å². The summed E-state index contributed by atoms with van der Waals surface area (Å²) in [6.07, 6.45) is 3.36. The molecule has 1 atom stereocenters. The highest BCUT2D eigenvalue weighted by atomic mass is 16.5. The number of aliphatic carboxylic acids is 1. The van der Waals surface area contributed by atoms with Crippen LogP contribution in [0.25, 0.3) is 0 Å². The van der Waals surface area contributed by atoms with E-state index in [4.69, 9.17) is 14.6 Å². The Kier molecular flexibility index (Phi) is 5.84. The maximum absolute atomic E-state index is 11.9. The lowest BCUT2D eigenvalue weighted by Crippen LogP contribution is -2.42. The van der Waals surface area contributed by atoms with Crippen LogP contribution in [0.5, 0.6) is 11.5 Å². The molecule has 0 spiro atoms. The number of ether oxygens (including phenoxy) is 2. The van der Waals surface area contributed by atoms with E-state index in [1.54, 1.807) is 14.2 Å². The van der Waals surface area contributed by atoms with Crippen LogP contribution in [-0.4, -0.2) is 37.2 Å². The van der Waals surface area contributed by atoms with Gasteiger partial charge in [0, 0.05) is 12.5 Å². The molecule has 0 radical (unpaired) electrons.